The van der Waals surface area contributed by atoms with Gasteiger partial charge in [-0.1, -0.05) is 33.6 Å². The van der Waals surface area contributed by atoms with Crippen LogP contribution in [0.15, 0.2) is 0 Å². The quantitative estimate of drug-likeness (QED) is 0.671. The van der Waals surface area contributed by atoms with Crippen molar-refractivity contribution in [1.29, 1.82) is 0 Å². The fourth-order valence-corrected chi connectivity index (χ4v) is 3.55. The second-order valence-electron chi connectivity index (χ2n) is 5.30. The van der Waals surface area contributed by atoms with Crippen molar-refractivity contribution in [2.45, 2.75) is 52.6 Å². The Kier molecular flexibility index (Phi) is 3.16. The topological polar surface area (TPSA) is 9.23 Å². The number of unbranched alkanes of at least 4 members (excludes halogenated alkanes) is 1. The molecule has 2 aliphatic rings. The van der Waals surface area contributed by atoms with Crippen molar-refractivity contribution >= 4 is 0 Å². The van der Waals surface area contributed by atoms with Crippen molar-refractivity contribution in [3.8, 4) is 0 Å². The summed E-state index contributed by atoms with van der Waals surface area (Å²) in [5.41, 5.74) is 0. The van der Waals surface area contributed by atoms with Gasteiger partial charge in [0.2, 0.25) is 0 Å². The first-order valence-electron chi connectivity index (χ1n) is 6.37. The molecular weight excluding hydrogens is 172 g/mol. The average molecular weight is 196 g/mol. The number of rotatable bonds is 3. The second kappa shape index (κ2) is 4.22. The lowest BCUT2D eigenvalue weighted by Crippen LogP contribution is -2.53. The molecule has 0 aromatic carbocycles. The molecule has 14 heavy (non-hydrogen) atoms. The van der Waals surface area contributed by atoms with E-state index in [1.165, 1.54) is 25.7 Å². The van der Waals surface area contributed by atoms with Gasteiger partial charge in [-0.05, 0) is 36.5 Å². The van der Waals surface area contributed by atoms with E-state index in [9.17, 15) is 0 Å². The minimum absolute atomic E-state index is 0.597. The van der Waals surface area contributed by atoms with E-state index in [0.717, 1.165) is 30.3 Å². The average Bonchev–Trinajstić information content (AvgIpc) is 2.24. The van der Waals surface area contributed by atoms with Crippen LogP contribution in [0, 0.1) is 23.7 Å². The molecule has 0 bridgehead atoms. The lowest BCUT2D eigenvalue weighted by atomic mass is 9.54. The number of fused-ring (bicyclic) bond motifs is 1. The van der Waals surface area contributed by atoms with E-state index < -0.39 is 0 Å². The summed E-state index contributed by atoms with van der Waals surface area (Å²) in [5.74, 6) is 3.74. The van der Waals surface area contributed by atoms with Gasteiger partial charge in [0.15, 0.2) is 0 Å². The van der Waals surface area contributed by atoms with Gasteiger partial charge in [0, 0.05) is 6.61 Å². The molecule has 2 fully saturated rings. The van der Waals surface area contributed by atoms with Crippen molar-refractivity contribution in [1.82, 2.24) is 0 Å². The van der Waals surface area contributed by atoms with E-state index in [1.54, 1.807) is 0 Å². The maximum Gasteiger partial charge on any atom is 0.0608 e. The smallest absolute Gasteiger partial charge is 0.0608 e. The van der Waals surface area contributed by atoms with Crippen molar-refractivity contribution in [2.24, 2.45) is 23.7 Å². The highest BCUT2D eigenvalue weighted by molar-refractivity contribution is 4.98. The van der Waals surface area contributed by atoms with E-state index in [2.05, 4.69) is 20.8 Å². The monoisotopic (exact) mass is 196 g/mol. The SMILES string of the molecule is CCCCC1OCCC2C(C)C(C)C12. The predicted molar refractivity (Wildman–Crippen MR) is 59.2 cm³/mol. The highest BCUT2D eigenvalue weighted by Gasteiger charge is 2.50. The molecule has 82 valence electrons. The predicted octanol–water partition coefficient (Wildman–Crippen LogP) is 3.48. The first-order valence-corrected chi connectivity index (χ1v) is 6.37. The summed E-state index contributed by atoms with van der Waals surface area (Å²) in [6, 6.07) is 0. The van der Waals surface area contributed by atoms with Crippen LogP contribution in [0.2, 0.25) is 0 Å². The summed E-state index contributed by atoms with van der Waals surface area (Å²) in [6.07, 6.45) is 5.86. The Balaban J connectivity index is 1.91. The van der Waals surface area contributed by atoms with Crippen LogP contribution in [0.1, 0.15) is 46.5 Å². The van der Waals surface area contributed by atoms with Crippen LogP contribution in [0.4, 0.5) is 0 Å². The Morgan fingerprint density at radius 1 is 1.21 bits per heavy atom. The Labute approximate surface area is 88.2 Å². The Hall–Kier alpha value is -0.0400. The van der Waals surface area contributed by atoms with Crippen molar-refractivity contribution in [3.63, 3.8) is 0 Å². The van der Waals surface area contributed by atoms with Gasteiger partial charge in [0.05, 0.1) is 6.10 Å². The Bertz CT molecular complexity index is 190. The molecular formula is C13H24O. The summed E-state index contributed by atoms with van der Waals surface area (Å²) >= 11 is 0. The molecule has 5 atom stereocenters. The van der Waals surface area contributed by atoms with Crippen LogP contribution in [0.25, 0.3) is 0 Å². The second-order valence-corrected chi connectivity index (χ2v) is 5.30. The van der Waals surface area contributed by atoms with E-state index in [1.807, 2.05) is 0 Å². The molecule has 1 saturated carbocycles. The largest absolute Gasteiger partial charge is 0.378 e. The molecule has 1 aliphatic carbocycles. The van der Waals surface area contributed by atoms with Crippen LogP contribution in [0.3, 0.4) is 0 Å². The Morgan fingerprint density at radius 3 is 2.71 bits per heavy atom. The molecule has 0 spiro atoms. The van der Waals surface area contributed by atoms with E-state index in [-0.39, 0.29) is 0 Å². The zero-order chi connectivity index (χ0) is 10.1. The van der Waals surface area contributed by atoms with Crippen molar-refractivity contribution in [3.05, 3.63) is 0 Å². The number of ether oxygens (including phenoxy) is 1. The maximum absolute atomic E-state index is 5.93. The summed E-state index contributed by atoms with van der Waals surface area (Å²) < 4.78 is 5.93. The molecule has 0 aromatic heterocycles. The van der Waals surface area contributed by atoms with Gasteiger partial charge in [-0.3, -0.25) is 0 Å². The highest BCUT2D eigenvalue weighted by atomic mass is 16.5. The van der Waals surface area contributed by atoms with Crippen LogP contribution >= 0.6 is 0 Å². The van der Waals surface area contributed by atoms with Gasteiger partial charge < -0.3 is 4.74 Å². The zero-order valence-corrected chi connectivity index (χ0v) is 9.83. The lowest BCUT2D eigenvalue weighted by molar-refractivity contribution is -0.162. The summed E-state index contributed by atoms with van der Waals surface area (Å²) in [4.78, 5) is 0. The van der Waals surface area contributed by atoms with Crippen LogP contribution in [-0.4, -0.2) is 12.7 Å². The van der Waals surface area contributed by atoms with Gasteiger partial charge in [-0.15, -0.1) is 0 Å². The maximum atomic E-state index is 5.93. The first kappa shape index (κ1) is 10.5. The van der Waals surface area contributed by atoms with Crippen molar-refractivity contribution in [2.75, 3.05) is 6.61 Å². The summed E-state index contributed by atoms with van der Waals surface area (Å²) in [5, 5.41) is 0. The lowest BCUT2D eigenvalue weighted by Gasteiger charge is -2.55. The fourth-order valence-electron chi connectivity index (χ4n) is 3.55. The van der Waals surface area contributed by atoms with E-state index in [4.69, 9.17) is 4.74 Å². The number of hydrogen-bond donors (Lipinski definition) is 0. The molecule has 2 rings (SSSR count). The molecule has 1 saturated heterocycles. The molecule has 0 N–H and O–H groups in total. The van der Waals surface area contributed by atoms with Gasteiger partial charge in [-0.2, -0.15) is 0 Å². The molecule has 1 heterocycles. The molecule has 1 heteroatoms. The fraction of sp³-hybridized carbons (Fsp3) is 1.00. The van der Waals surface area contributed by atoms with E-state index in [0.29, 0.717) is 6.10 Å². The minimum atomic E-state index is 0.597. The normalized spacial score (nSPS) is 46.9. The molecule has 5 unspecified atom stereocenters. The third-order valence-corrected chi connectivity index (χ3v) is 4.66. The highest BCUT2D eigenvalue weighted by Crippen LogP contribution is 2.52. The van der Waals surface area contributed by atoms with Crippen LogP contribution in [0.5, 0.6) is 0 Å². The molecule has 1 nitrogen and oxygen atoms in total. The van der Waals surface area contributed by atoms with E-state index >= 15 is 0 Å². The standard InChI is InChI=1S/C13H24O/c1-4-5-6-12-13-10(3)9(2)11(13)7-8-14-12/h9-13H,4-8H2,1-3H3. The minimum Gasteiger partial charge on any atom is -0.378 e. The zero-order valence-electron chi connectivity index (χ0n) is 9.83. The third-order valence-electron chi connectivity index (χ3n) is 4.66. The Morgan fingerprint density at radius 2 is 2.00 bits per heavy atom. The van der Waals surface area contributed by atoms with Crippen molar-refractivity contribution < 1.29 is 4.74 Å². The molecule has 1 aliphatic heterocycles. The van der Waals surface area contributed by atoms with Gasteiger partial charge in [-0.25, -0.2) is 0 Å². The molecule has 0 aromatic rings. The van der Waals surface area contributed by atoms with Gasteiger partial charge in [0.25, 0.3) is 0 Å². The number of hydrogen-bond acceptors (Lipinski definition) is 1. The van der Waals surface area contributed by atoms with Gasteiger partial charge in [0.1, 0.15) is 0 Å². The molecule has 0 amide bonds. The molecule has 0 radical (unpaired) electrons. The summed E-state index contributed by atoms with van der Waals surface area (Å²) in [6.45, 7) is 8.13. The van der Waals surface area contributed by atoms with Crippen LogP contribution < -0.4 is 0 Å². The summed E-state index contributed by atoms with van der Waals surface area (Å²) in [7, 11) is 0. The first-order chi connectivity index (χ1) is 6.75. The van der Waals surface area contributed by atoms with Gasteiger partial charge >= 0.3 is 0 Å². The third kappa shape index (κ3) is 1.60. The van der Waals surface area contributed by atoms with Crippen LogP contribution in [-0.2, 0) is 4.74 Å².